The van der Waals surface area contributed by atoms with Crippen LogP contribution in [-0.2, 0) is 4.79 Å². The van der Waals surface area contributed by atoms with Crippen molar-refractivity contribution in [2.24, 2.45) is 5.92 Å². The van der Waals surface area contributed by atoms with E-state index in [-0.39, 0.29) is 17.9 Å². The standard InChI is InChI=1S/C21H25N3O2/c1-15-6-3-9-18(12-15)22-20(25)17-8-5-11-24(14-17)21(26)23-19-10-4-7-16(2)13-19/h3-4,6-7,9-10,12-13,17H,5,8,11,14H2,1-2H3,(H,22,25)(H,23,26)/t17-/m1/s1. The minimum absolute atomic E-state index is 0.0244. The van der Waals surface area contributed by atoms with Gasteiger partial charge in [-0.3, -0.25) is 4.79 Å². The normalized spacial score (nSPS) is 16.8. The SMILES string of the molecule is Cc1cccc(NC(=O)[C@@H]2CCCN(C(=O)Nc3cccc(C)c3)C2)c1. The lowest BCUT2D eigenvalue weighted by molar-refractivity contribution is -0.121. The molecule has 1 aliphatic rings. The highest BCUT2D eigenvalue weighted by molar-refractivity contribution is 5.94. The van der Waals surface area contributed by atoms with Crippen LogP contribution >= 0.6 is 0 Å². The maximum absolute atomic E-state index is 12.6. The topological polar surface area (TPSA) is 61.4 Å². The Hall–Kier alpha value is -2.82. The van der Waals surface area contributed by atoms with E-state index in [9.17, 15) is 9.59 Å². The first-order valence-electron chi connectivity index (χ1n) is 9.01. The maximum Gasteiger partial charge on any atom is 0.321 e. The van der Waals surface area contributed by atoms with Crippen LogP contribution in [0, 0.1) is 19.8 Å². The predicted octanol–water partition coefficient (Wildman–Crippen LogP) is 4.19. The van der Waals surface area contributed by atoms with Crippen LogP contribution in [0.15, 0.2) is 48.5 Å². The summed E-state index contributed by atoms with van der Waals surface area (Å²) >= 11 is 0. The molecule has 0 saturated carbocycles. The quantitative estimate of drug-likeness (QED) is 0.871. The molecule has 2 aromatic rings. The molecular formula is C21H25N3O2. The van der Waals surface area contributed by atoms with Crippen LogP contribution < -0.4 is 10.6 Å². The number of amides is 3. The Morgan fingerprint density at radius 1 is 0.962 bits per heavy atom. The number of anilines is 2. The van der Waals surface area contributed by atoms with Gasteiger partial charge in [-0.05, 0) is 62.1 Å². The Morgan fingerprint density at radius 2 is 1.58 bits per heavy atom. The molecule has 136 valence electrons. The van der Waals surface area contributed by atoms with Crippen molar-refractivity contribution >= 4 is 23.3 Å². The number of rotatable bonds is 3. The zero-order chi connectivity index (χ0) is 18.5. The summed E-state index contributed by atoms with van der Waals surface area (Å²) in [6, 6.07) is 15.3. The number of likely N-dealkylation sites (tertiary alicyclic amines) is 1. The molecule has 0 spiro atoms. The Bertz CT molecular complexity index is 738. The first-order valence-corrected chi connectivity index (χ1v) is 9.01. The van der Waals surface area contributed by atoms with Gasteiger partial charge < -0.3 is 15.5 Å². The van der Waals surface area contributed by atoms with Gasteiger partial charge in [0.05, 0.1) is 5.92 Å². The molecule has 0 aromatic heterocycles. The average Bonchev–Trinajstić information content (AvgIpc) is 2.62. The molecule has 5 nitrogen and oxygen atoms in total. The van der Waals surface area contributed by atoms with Crippen LogP contribution in [0.5, 0.6) is 0 Å². The monoisotopic (exact) mass is 351 g/mol. The van der Waals surface area contributed by atoms with E-state index in [1.807, 2.05) is 62.4 Å². The Morgan fingerprint density at radius 3 is 2.19 bits per heavy atom. The van der Waals surface area contributed by atoms with Gasteiger partial charge >= 0.3 is 6.03 Å². The van der Waals surface area contributed by atoms with E-state index in [1.165, 1.54) is 0 Å². The van der Waals surface area contributed by atoms with Gasteiger partial charge in [-0.1, -0.05) is 24.3 Å². The molecule has 2 aromatic carbocycles. The fourth-order valence-electron chi connectivity index (χ4n) is 3.27. The Labute approximate surface area is 154 Å². The first-order chi connectivity index (χ1) is 12.5. The van der Waals surface area contributed by atoms with Gasteiger partial charge in [0.1, 0.15) is 0 Å². The molecule has 1 atom stereocenters. The van der Waals surface area contributed by atoms with Crippen LogP contribution in [0.2, 0.25) is 0 Å². The van der Waals surface area contributed by atoms with E-state index < -0.39 is 0 Å². The summed E-state index contributed by atoms with van der Waals surface area (Å²) in [6.07, 6.45) is 1.62. The summed E-state index contributed by atoms with van der Waals surface area (Å²) in [5.74, 6) is -0.212. The van der Waals surface area contributed by atoms with Crippen molar-refractivity contribution in [1.29, 1.82) is 0 Å². The van der Waals surface area contributed by atoms with Gasteiger partial charge in [0, 0.05) is 24.5 Å². The van der Waals surface area contributed by atoms with Crippen molar-refractivity contribution < 1.29 is 9.59 Å². The number of aryl methyl sites for hydroxylation is 2. The molecule has 0 radical (unpaired) electrons. The molecule has 1 aliphatic heterocycles. The highest BCUT2D eigenvalue weighted by Gasteiger charge is 2.28. The lowest BCUT2D eigenvalue weighted by atomic mass is 9.97. The van der Waals surface area contributed by atoms with Crippen molar-refractivity contribution in [2.75, 3.05) is 23.7 Å². The van der Waals surface area contributed by atoms with Crippen LogP contribution in [0.25, 0.3) is 0 Å². The van der Waals surface area contributed by atoms with Gasteiger partial charge in [0.15, 0.2) is 0 Å². The minimum atomic E-state index is -0.187. The zero-order valence-electron chi connectivity index (χ0n) is 15.3. The first kappa shape index (κ1) is 18.0. The largest absolute Gasteiger partial charge is 0.326 e. The summed E-state index contributed by atoms with van der Waals surface area (Å²) in [5.41, 5.74) is 3.78. The van der Waals surface area contributed by atoms with Crippen LogP contribution in [0.1, 0.15) is 24.0 Å². The molecule has 1 heterocycles. The van der Waals surface area contributed by atoms with Gasteiger partial charge in [-0.25, -0.2) is 4.79 Å². The number of carbonyl (C=O) groups excluding carboxylic acids is 2. The van der Waals surface area contributed by atoms with Gasteiger partial charge in [-0.15, -0.1) is 0 Å². The van der Waals surface area contributed by atoms with E-state index >= 15 is 0 Å². The third-order valence-corrected chi connectivity index (χ3v) is 4.63. The molecule has 3 rings (SSSR count). The van der Waals surface area contributed by atoms with Gasteiger partial charge in [0.25, 0.3) is 0 Å². The number of urea groups is 1. The third-order valence-electron chi connectivity index (χ3n) is 4.63. The molecule has 2 N–H and O–H groups in total. The van der Waals surface area contributed by atoms with Crippen molar-refractivity contribution in [3.8, 4) is 0 Å². The number of hydrogen-bond donors (Lipinski definition) is 2. The highest BCUT2D eigenvalue weighted by atomic mass is 16.2. The van der Waals surface area contributed by atoms with Crippen molar-refractivity contribution in [3.05, 3.63) is 59.7 Å². The number of nitrogens with zero attached hydrogens (tertiary/aromatic N) is 1. The maximum atomic E-state index is 12.6. The van der Waals surface area contributed by atoms with E-state index in [2.05, 4.69) is 10.6 Å². The summed E-state index contributed by atoms with van der Waals surface area (Å²) in [5, 5.41) is 5.90. The summed E-state index contributed by atoms with van der Waals surface area (Å²) in [6.45, 7) is 5.09. The van der Waals surface area contributed by atoms with Gasteiger partial charge in [-0.2, -0.15) is 0 Å². The molecule has 0 unspecified atom stereocenters. The summed E-state index contributed by atoms with van der Waals surface area (Å²) in [4.78, 5) is 26.8. The summed E-state index contributed by atoms with van der Waals surface area (Å²) < 4.78 is 0. The second kappa shape index (κ2) is 8.04. The number of carbonyl (C=O) groups is 2. The minimum Gasteiger partial charge on any atom is -0.326 e. The van der Waals surface area contributed by atoms with Crippen molar-refractivity contribution in [3.63, 3.8) is 0 Å². The van der Waals surface area contributed by atoms with Gasteiger partial charge in [0.2, 0.25) is 5.91 Å². The smallest absolute Gasteiger partial charge is 0.321 e. The predicted molar refractivity (Wildman–Crippen MR) is 104 cm³/mol. The van der Waals surface area contributed by atoms with E-state index in [0.29, 0.717) is 13.1 Å². The fourth-order valence-corrected chi connectivity index (χ4v) is 3.27. The third kappa shape index (κ3) is 4.63. The molecule has 0 bridgehead atoms. The second-order valence-corrected chi connectivity index (χ2v) is 6.94. The lowest BCUT2D eigenvalue weighted by Crippen LogP contribution is -2.45. The number of piperidine rings is 1. The molecule has 0 aliphatic carbocycles. The van der Waals surface area contributed by atoms with Crippen LogP contribution in [0.3, 0.4) is 0 Å². The van der Waals surface area contributed by atoms with E-state index in [4.69, 9.17) is 0 Å². The number of benzene rings is 2. The van der Waals surface area contributed by atoms with E-state index in [0.717, 1.165) is 35.3 Å². The Balaban J connectivity index is 1.59. The average molecular weight is 351 g/mol. The van der Waals surface area contributed by atoms with Crippen LogP contribution in [-0.4, -0.2) is 29.9 Å². The molecule has 1 fully saturated rings. The van der Waals surface area contributed by atoms with Crippen molar-refractivity contribution in [2.45, 2.75) is 26.7 Å². The number of hydrogen-bond acceptors (Lipinski definition) is 2. The van der Waals surface area contributed by atoms with Crippen LogP contribution in [0.4, 0.5) is 16.2 Å². The fraction of sp³-hybridized carbons (Fsp3) is 0.333. The second-order valence-electron chi connectivity index (χ2n) is 6.94. The molecular weight excluding hydrogens is 326 g/mol. The molecule has 26 heavy (non-hydrogen) atoms. The zero-order valence-corrected chi connectivity index (χ0v) is 15.3. The molecule has 3 amide bonds. The highest BCUT2D eigenvalue weighted by Crippen LogP contribution is 2.20. The molecule has 5 heteroatoms. The molecule has 1 saturated heterocycles. The summed E-state index contributed by atoms with van der Waals surface area (Å²) in [7, 11) is 0. The lowest BCUT2D eigenvalue weighted by Gasteiger charge is -2.32. The number of nitrogens with one attached hydrogen (secondary N) is 2. The Kier molecular flexibility index (Phi) is 5.56. The van der Waals surface area contributed by atoms with Crippen molar-refractivity contribution in [1.82, 2.24) is 4.90 Å². The van der Waals surface area contributed by atoms with E-state index in [1.54, 1.807) is 4.90 Å².